The molecule has 0 aliphatic rings. The first kappa shape index (κ1) is 15.5. The molecule has 0 fully saturated rings. The number of nitrogens with one attached hydrogen (secondary N) is 1. The lowest BCUT2D eigenvalue weighted by atomic mass is 10.3. The second-order valence-corrected chi connectivity index (χ2v) is 5.76. The summed E-state index contributed by atoms with van der Waals surface area (Å²) in [6.45, 7) is 1.38. The predicted molar refractivity (Wildman–Crippen MR) is 71.9 cm³/mol. The maximum atomic E-state index is 11.9. The molecule has 19 heavy (non-hydrogen) atoms. The van der Waals surface area contributed by atoms with Gasteiger partial charge >= 0.3 is 5.97 Å². The van der Waals surface area contributed by atoms with Crippen molar-refractivity contribution in [1.82, 2.24) is 9.71 Å². The fourth-order valence-electron chi connectivity index (χ4n) is 1.21. The summed E-state index contributed by atoms with van der Waals surface area (Å²) in [5, 5.41) is 0. The molecule has 104 valence electrons. The molecule has 0 amide bonds. The molecule has 0 saturated heterocycles. The Morgan fingerprint density at radius 2 is 2.16 bits per heavy atom. The van der Waals surface area contributed by atoms with Gasteiger partial charge in [-0.25, -0.2) is 8.42 Å². The summed E-state index contributed by atoms with van der Waals surface area (Å²) in [7, 11) is -2.68. The van der Waals surface area contributed by atoms with Gasteiger partial charge in [-0.2, -0.15) is 4.72 Å². The third-order valence-electron chi connectivity index (χ3n) is 2.19. The zero-order valence-electron chi connectivity index (χ0n) is 10.3. The van der Waals surface area contributed by atoms with Crippen molar-refractivity contribution in [1.29, 1.82) is 0 Å². The van der Waals surface area contributed by atoms with Gasteiger partial charge in [0.15, 0.2) is 0 Å². The zero-order valence-corrected chi connectivity index (χ0v) is 11.9. The largest absolute Gasteiger partial charge is 0.468 e. The van der Waals surface area contributed by atoms with Crippen LogP contribution in [0.3, 0.4) is 0 Å². The Balaban J connectivity index is 2.94. The summed E-state index contributed by atoms with van der Waals surface area (Å²) in [4.78, 5) is 15.0. The number of pyridine rings is 1. The molecule has 1 aromatic rings. The van der Waals surface area contributed by atoms with Gasteiger partial charge in [-0.1, -0.05) is 12.2 Å². The number of aromatic nitrogens is 1. The van der Waals surface area contributed by atoms with Gasteiger partial charge in [-0.15, -0.1) is 0 Å². The predicted octanol–water partition coefficient (Wildman–Crippen LogP) is -0.444. The number of hydrogen-bond acceptors (Lipinski definition) is 6. The Bertz CT molecular complexity index is 583. The Morgan fingerprint density at radius 3 is 2.58 bits per heavy atom. The van der Waals surface area contributed by atoms with Crippen LogP contribution in [0.15, 0.2) is 23.2 Å². The van der Waals surface area contributed by atoms with Crippen LogP contribution in [0.4, 0.5) is 0 Å². The molecule has 0 bridgehead atoms. The molecule has 1 rings (SSSR count). The van der Waals surface area contributed by atoms with Crippen LogP contribution in [0.1, 0.15) is 12.6 Å². The number of methoxy groups -OCH3 is 1. The first-order valence-corrected chi connectivity index (χ1v) is 7.03. The zero-order chi connectivity index (χ0) is 14.6. The number of carbonyl (C=O) groups excluding carboxylic acids is 1. The molecule has 7 nitrogen and oxygen atoms in total. The molecule has 1 heterocycles. The lowest BCUT2D eigenvalue weighted by molar-refractivity contribution is -0.142. The van der Waals surface area contributed by atoms with Gasteiger partial charge < -0.3 is 10.5 Å². The molecule has 0 aromatic carbocycles. The number of thiocarbonyl (C=S) groups is 1. The number of nitrogens with two attached hydrogens (primary N) is 1. The van der Waals surface area contributed by atoms with Crippen LogP contribution in [0, 0.1) is 0 Å². The topological polar surface area (TPSA) is 111 Å². The van der Waals surface area contributed by atoms with Crippen molar-refractivity contribution in [3.05, 3.63) is 24.0 Å². The van der Waals surface area contributed by atoms with Crippen LogP contribution in [0.5, 0.6) is 0 Å². The number of ether oxygens (including phenoxy) is 1. The van der Waals surface area contributed by atoms with Gasteiger partial charge in [0, 0.05) is 6.20 Å². The van der Waals surface area contributed by atoms with Crippen molar-refractivity contribution >= 4 is 33.2 Å². The minimum Gasteiger partial charge on any atom is -0.468 e. The number of rotatable bonds is 5. The molecule has 3 N–H and O–H groups in total. The molecule has 0 aliphatic heterocycles. The molecule has 1 atom stereocenters. The Hall–Kier alpha value is -1.58. The Labute approximate surface area is 116 Å². The highest BCUT2D eigenvalue weighted by Gasteiger charge is 2.22. The summed E-state index contributed by atoms with van der Waals surface area (Å²) in [5.74, 6) is -0.684. The quantitative estimate of drug-likeness (QED) is 0.560. The number of nitrogens with zero attached hydrogens (tertiary/aromatic N) is 1. The lowest BCUT2D eigenvalue weighted by Gasteiger charge is -2.12. The van der Waals surface area contributed by atoms with Gasteiger partial charge in [-0.3, -0.25) is 9.78 Å². The van der Waals surface area contributed by atoms with Gasteiger partial charge in [0.1, 0.15) is 15.9 Å². The van der Waals surface area contributed by atoms with Crippen molar-refractivity contribution in [3.8, 4) is 0 Å². The molecule has 9 heteroatoms. The van der Waals surface area contributed by atoms with Crippen molar-refractivity contribution < 1.29 is 17.9 Å². The van der Waals surface area contributed by atoms with Gasteiger partial charge in [-0.05, 0) is 19.1 Å². The maximum absolute atomic E-state index is 11.9. The van der Waals surface area contributed by atoms with E-state index in [4.69, 9.17) is 18.0 Å². The third-order valence-corrected chi connectivity index (χ3v) is 3.92. The average molecular weight is 303 g/mol. The first-order valence-electron chi connectivity index (χ1n) is 5.14. The highest BCUT2D eigenvalue weighted by Crippen LogP contribution is 2.09. The minimum atomic E-state index is -3.85. The molecule has 0 spiro atoms. The van der Waals surface area contributed by atoms with Crippen LogP contribution in [0.25, 0.3) is 0 Å². The van der Waals surface area contributed by atoms with Crippen LogP contribution in [-0.4, -0.2) is 37.5 Å². The molecular formula is C10H13N3O4S2. The lowest BCUT2D eigenvalue weighted by Crippen LogP contribution is -2.39. The highest BCUT2D eigenvalue weighted by atomic mass is 32.2. The number of hydrogen-bond donors (Lipinski definition) is 2. The number of sulfonamides is 1. The van der Waals surface area contributed by atoms with E-state index in [9.17, 15) is 13.2 Å². The molecule has 0 aliphatic carbocycles. The first-order chi connectivity index (χ1) is 8.77. The summed E-state index contributed by atoms with van der Waals surface area (Å²) in [6, 6.07) is 1.69. The summed E-state index contributed by atoms with van der Waals surface area (Å²) in [5.41, 5.74) is 5.67. The van der Waals surface area contributed by atoms with Gasteiger partial charge in [0.05, 0.1) is 12.8 Å². The van der Waals surface area contributed by atoms with E-state index >= 15 is 0 Å². The third kappa shape index (κ3) is 3.94. The van der Waals surface area contributed by atoms with Crippen molar-refractivity contribution in [2.45, 2.75) is 17.9 Å². The number of esters is 1. The summed E-state index contributed by atoms with van der Waals surface area (Å²) < 4.78 is 30.4. The van der Waals surface area contributed by atoms with Crippen molar-refractivity contribution in [3.63, 3.8) is 0 Å². The molecule has 0 radical (unpaired) electrons. The molecule has 0 saturated carbocycles. The van der Waals surface area contributed by atoms with Gasteiger partial charge in [0.25, 0.3) is 0 Å². The van der Waals surface area contributed by atoms with Crippen LogP contribution in [-0.2, 0) is 19.6 Å². The smallest absolute Gasteiger partial charge is 0.323 e. The van der Waals surface area contributed by atoms with Gasteiger partial charge in [0.2, 0.25) is 10.0 Å². The Kier molecular flexibility index (Phi) is 4.92. The summed E-state index contributed by atoms with van der Waals surface area (Å²) >= 11 is 4.71. The van der Waals surface area contributed by atoms with Crippen molar-refractivity contribution in [2.24, 2.45) is 5.73 Å². The molecule has 1 aromatic heterocycles. The van der Waals surface area contributed by atoms with E-state index in [2.05, 4.69) is 14.4 Å². The fourth-order valence-corrected chi connectivity index (χ4v) is 2.47. The van der Waals surface area contributed by atoms with Crippen molar-refractivity contribution in [2.75, 3.05) is 7.11 Å². The normalized spacial score (nSPS) is 12.7. The second kappa shape index (κ2) is 6.04. The maximum Gasteiger partial charge on any atom is 0.323 e. The van der Waals surface area contributed by atoms with Crippen LogP contribution in [0.2, 0.25) is 0 Å². The van der Waals surface area contributed by atoms with E-state index < -0.39 is 22.0 Å². The molecular weight excluding hydrogens is 290 g/mol. The number of carbonyl (C=O) groups is 1. The molecule has 1 unspecified atom stereocenters. The SMILES string of the molecule is COC(=O)C(C)NS(=O)(=O)c1ccc(C(N)=S)nc1. The minimum absolute atomic E-state index is 0.0693. The van der Waals surface area contributed by atoms with E-state index in [1.165, 1.54) is 26.2 Å². The van der Waals surface area contributed by atoms with E-state index in [1.54, 1.807) is 0 Å². The monoisotopic (exact) mass is 303 g/mol. The second-order valence-electron chi connectivity index (χ2n) is 3.61. The average Bonchev–Trinajstić information content (AvgIpc) is 2.37. The van der Waals surface area contributed by atoms with Crippen LogP contribution >= 0.6 is 12.2 Å². The van der Waals surface area contributed by atoms with Crippen LogP contribution < -0.4 is 10.5 Å². The van der Waals surface area contributed by atoms with E-state index in [1.807, 2.05) is 0 Å². The van der Waals surface area contributed by atoms with E-state index in [0.29, 0.717) is 5.69 Å². The highest BCUT2D eigenvalue weighted by molar-refractivity contribution is 7.89. The summed E-state index contributed by atoms with van der Waals surface area (Å²) in [6.07, 6.45) is 1.11. The van der Waals surface area contributed by atoms with E-state index in [0.717, 1.165) is 6.20 Å². The Morgan fingerprint density at radius 1 is 1.53 bits per heavy atom. The van der Waals surface area contributed by atoms with E-state index in [-0.39, 0.29) is 9.88 Å². The standard InChI is InChI=1S/C10H13N3O4S2/c1-6(10(14)17-2)13-19(15,16)7-3-4-8(9(11)18)12-5-7/h3-6,13H,1-2H3,(H2,11,18). The fraction of sp³-hybridized carbons (Fsp3) is 0.300.